The van der Waals surface area contributed by atoms with Crippen LogP contribution in [0.2, 0.25) is 0 Å². The molecule has 0 saturated carbocycles. The van der Waals surface area contributed by atoms with E-state index in [4.69, 9.17) is 9.84 Å². The average molecular weight is 493 g/mol. The van der Waals surface area contributed by atoms with Crippen molar-refractivity contribution in [2.24, 2.45) is 0 Å². The van der Waals surface area contributed by atoms with Gasteiger partial charge in [0.15, 0.2) is 0 Å². The fraction of sp³-hybridized carbons (Fsp3) is 0.200. The molecule has 3 aromatic rings. The minimum atomic E-state index is -4.75. The van der Waals surface area contributed by atoms with Gasteiger partial charge < -0.3 is 15.2 Å². The van der Waals surface area contributed by atoms with Crippen LogP contribution in [0.25, 0.3) is 11.1 Å². The zero-order valence-corrected chi connectivity index (χ0v) is 18.4. The van der Waals surface area contributed by atoms with Crippen LogP contribution in [0.15, 0.2) is 54.6 Å². The molecule has 1 amide bonds. The van der Waals surface area contributed by atoms with Gasteiger partial charge in [0.2, 0.25) is 0 Å². The monoisotopic (exact) mass is 493 g/mol. The Morgan fingerprint density at radius 2 is 1.74 bits per heavy atom. The van der Waals surface area contributed by atoms with Crippen molar-refractivity contribution in [2.45, 2.75) is 26.1 Å². The molecular weight excluding hydrogens is 473 g/mol. The second-order valence-corrected chi connectivity index (χ2v) is 7.52. The first-order valence-corrected chi connectivity index (χ1v) is 10.5. The van der Waals surface area contributed by atoms with Crippen LogP contribution in [0.4, 0.5) is 22.0 Å². The van der Waals surface area contributed by atoms with Crippen LogP contribution >= 0.6 is 0 Å². The lowest BCUT2D eigenvalue weighted by Crippen LogP contribution is -2.24. The highest BCUT2D eigenvalue weighted by Gasteiger charge is 2.31. The molecule has 3 aromatic carbocycles. The van der Waals surface area contributed by atoms with E-state index in [1.807, 2.05) is 6.92 Å². The van der Waals surface area contributed by atoms with Gasteiger partial charge in [-0.05, 0) is 48.4 Å². The van der Waals surface area contributed by atoms with Crippen LogP contribution in [-0.2, 0) is 12.7 Å². The van der Waals surface area contributed by atoms with E-state index in [9.17, 15) is 31.5 Å². The van der Waals surface area contributed by atoms with Crippen LogP contribution in [0, 0.1) is 11.6 Å². The van der Waals surface area contributed by atoms with Gasteiger partial charge in [-0.1, -0.05) is 25.1 Å². The normalized spacial score (nSPS) is 11.3. The number of aromatic carboxylic acids is 1. The number of rotatable bonds is 8. The number of benzene rings is 3. The fourth-order valence-electron chi connectivity index (χ4n) is 3.30. The number of alkyl halides is 3. The molecule has 35 heavy (non-hydrogen) atoms. The molecule has 0 radical (unpaired) electrons. The van der Waals surface area contributed by atoms with E-state index >= 15 is 0 Å². The van der Waals surface area contributed by atoms with Crippen molar-refractivity contribution in [2.75, 3.05) is 6.61 Å². The molecule has 5 nitrogen and oxygen atoms in total. The molecule has 0 atom stereocenters. The number of nitrogens with one attached hydrogen (secondary N) is 1. The molecule has 0 aliphatic heterocycles. The number of carbonyl (C=O) groups excluding carboxylic acids is 1. The van der Waals surface area contributed by atoms with Crippen LogP contribution in [0.3, 0.4) is 0 Å². The maximum Gasteiger partial charge on any atom is 0.416 e. The summed E-state index contributed by atoms with van der Waals surface area (Å²) in [6, 6.07) is 10.0. The zero-order valence-electron chi connectivity index (χ0n) is 18.4. The molecule has 0 aliphatic carbocycles. The Kier molecular flexibility index (Phi) is 7.73. The van der Waals surface area contributed by atoms with Crippen molar-refractivity contribution >= 4 is 11.9 Å². The first-order valence-electron chi connectivity index (χ1n) is 10.5. The minimum absolute atomic E-state index is 0.00769. The van der Waals surface area contributed by atoms with E-state index in [-0.39, 0.29) is 18.2 Å². The first-order chi connectivity index (χ1) is 16.5. The summed E-state index contributed by atoms with van der Waals surface area (Å²) in [6.45, 7) is 1.99. The third-order valence-electron chi connectivity index (χ3n) is 5.04. The van der Waals surface area contributed by atoms with Gasteiger partial charge in [0.1, 0.15) is 17.4 Å². The number of halogens is 5. The number of hydrogen-bond acceptors (Lipinski definition) is 3. The Morgan fingerprint density at radius 1 is 1.00 bits per heavy atom. The lowest BCUT2D eigenvalue weighted by Gasteiger charge is -2.15. The quantitative estimate of drug-likeness (QED) is 0.374. The molecule has 0 aromatic heterocycles. The summed E-state index contributed by atoms with van der Waals surface area (Å²) in [5, 5.41) is 11.6. The zero-order chi connectivity index (χ0) is 25.8. The second kappa shape index (κ2) is 10.5. The van der Waals surface area contributed by atoms with Crippen molar-refractivity contribution in [1.82, 2.24) is 5.32 Å². The highest BCUT2D eigenvalue weighted by atomic mass is 19.4. The lowest BCUT2D eigenvalue weighted by molar-refractivity contribution is -0.137. The van der Waals surface area contributed by atoms with E-state index in [2.05, 4.69) is 5.32 Å². The first kappa shape index (κ1) is 25.7. The summed E-state index contributed by atoms with van der Waals surface area (Å²) in [7, 11) is 0. The average Bonchev–Trinajstić information content (AvgIpc) is 2.80. The SMILES string of the molecule is CCCOc1ccc(-c2cccc(C(=O)O)c2F)cc1CNC(=O)c1ccc(C(F)(F)F)cc1F. The summed E-state index contributed by atoms with van der Waals surface area (Å²) in [5.41, 5.74) is -1.63. The number of amides is 1. The van der Waals surface area contributed by atoms with Crippen molar-refractivity contribution in [3.63, 3.8) is 0 Å². The van der Waals surface area contributed by atoms with Crippen LogP contribution < -0.4 is 10.1 Å². The van der Waals surface area contributed by atoms with Gasteiger partial charge in [0.05, 0.1) is 23.3 Å². The molecule has 0 aliphatic rings. The molecule has 0 saturated heterocycles. The smallest absolute Gasteiger partial charge is 0.416 e. The van der Waals surface area contributed by atoms with Crippen LogP contribution in [0.5, 0.6) is 5.75 Å². The summed E-state index contributed by atoms with van der Waals surface area (Å²) in [6.07, 6.45) is -4.09. The third kappa shape index (κ3) is 5.95. The van der Waals surface area contributed by atoms with Crippen molar-refractivity contribution in [3.05, 3.63) is 88.5 Å². The van der Waals surface area contributed by atoms with Crippen molar-refractivity contribution in [3.8, 4) is 16.9 Å². The van der Waals surface area contributed by atoms with Gasteiger partial charge in [-0.3, -0.25) is 4.79 Å². The second-order valence-electron chi connectivity index (χ2n) is 7.52. The van der Waals surface area contributed by atoms with E-state index in [1.165, 1.54) is 30.3 Å². The molecule has 0 bridgehead atoms. The molecule has 3 rings (SSSR count). The predicted octanol–water partition coefficient (Wildman–Crippen LogP) is 6.07. The van der Waals surface area contributed by atoms with Crippen molar-refractivity contribution < 1.29 is 41.4 Å². The minimum Gasteiger partial charge on any atom is -0.493 e. The lowest BCUT2D eigenvalue weighted by atomic mass is 9.99. The van der Waals surface area contributed by atoms with Crippen LogP contribution in [-0.4, -0.2) is 23.6 Å². The summed E-state index contributed by atoms with van der Waals surface area (Å²) in [5.74, 6) is -4.32. The third-order valence-corrected chi connectivity index (χ3v) is 5.04. The van der Waals surface area contributed by atoms with E-state index in [0.29, 0.717) is 36.0 Å². The number of carboxylic acid groups (broad SMARTS) is 1. The number of hydrogen-bond donors (Lipinski definition) is 2. The Hall–Kier alpha value is -3.95. The van der Waals surface area contributed by atoms with Gasteiger partial charge in [-0.2, -0.15) is 13.2 Å². The maximum absolute atomic E-state index is 14.7. The Labute approximate surface area is 197 Å². The van der Waals surface area contributed by atoms with Gasteiger partial charge in [-0.25, -0.2) is 13.6 Å². The Balaban J connectivity index is 1.90. The van der Waals surface area contributed by atoms with Crippen LogP contribution in [0.1, 0.15) is 45.2 Å². The largest absolute Gasteiger partial charge is 0.493 e. The predicted molar refractivity (Wildman–Crippen MR) is 117 cm³/mol. The molecule has 2 N–H and O–H groups in total. The molecule has 0 unspecified atom stereocenters. The summed E-state index contributed by atoms with van der Waals surface area (Å²) < 4.78 is 72.8. The molecule has 0 fully saturated rings. The van der Waals surface area contributed by atoms with Gasteiger partial charge in [-0.15, -0.1) is 0 Å². The number of ether oxygens (including phenoxy) is 1. The van der Waals surface area contributed by atoms with E-state index in [1.54, 1.807) is 0 Å². The molecule has 0 heterocycles. The summed E-state index contributed by atoms with van der Waals surface area (Å²) in [4.78, 5) is 23.7. The number of carboxylic acids is 1. The molecule has 10 heteroatoms. The Morgan fingerprint density at radius 3 is 2.37 bits per heavy atom. The molecule has 0 spiro atoms. The number of carbonyl (C=O) groups is 2. The highest BCUT2D eigenvalue weighted by molar-refractivity contribution is 5.94. The van der Waals surface area contributed by atoms with E-state index in [0.717, 1.165) is 12.1 Å². The topological polar surface area (TPSA) is 75.6 Å². The molecular formula is C25H20F5NO4. The highest BCUT2D eigenvalue weighted by Crippen LogP contribution is 2.31. The van der Waals surface area contributed by atoms with E-state index < -0.39 is 46.4 Å². The maximum atomic E-state index is 14.7. The van der Waals surface area contributed by atoms with Gasteiger partial charge in [0.25, 0.3) is 5.91 Å². The van der Waals surface area contributed by atoms with Crippen molar-refractivity contribution in [1.29, 1.82) is 0 Å². The summed E-state index contributed by atoms with van der Waals surface area (Å²) >= 11 is 0. The Bertz CT molecular complexity index is 1260. The standard InChI is InChI=1S/C25H20F5NO4/c1-2-10-35-21-9-6-14(17-4-3-5-19(22(17)27)24(33)34)11-15(21)13-31-23(32)18-8-7-16(12-20(18)26)25(28,29)30/h3-9,11-12H,2,10,13H2,1H3,(H,31,32)(H,33,34). The van der Waals surface area contributed by atoms with Gasteiger partial charge in [0, 0.05) is 17.7 Å². The fourth-order valence-corrected chi connectivity index (χ4v) is 3.30. The molecule has 184 valence electrons. The van der Waals surface area contributed by atoms with Gasteiger partial charge >= 0.3 is 12.1 Å².